The first-order valence-electron chi connectivity index (χ1n) is 8.61. The molecule has 1 heterocycles. The van der Waals surface area contributed by atoms with Crippen LogP contribution in [0.1, 0.15) is 31.2 Å². The number of rotatable bonds is 6. The van der Waals surface area contributed by atoms with E-state index in [1.807, 2.05) is 24.3 Å². The largest absolute Gasteiger partial charge is 0.389 e. The molecule has 0 aromatic heterocycles. The second kappa shape index (κ2) is 9.40. The molecule has 1 aromatic rings. The molecule has 2 rings (SSSR count). The second-order valence-corrected chi connectivity index (χ2v) is 6.31. The van der Waals surface area contributed by atoms with Gasteiger partial charge in [0.05, 0.1) is 6.42 Å². The van der Waals surface area contributed by atoms with Gasteiger partial charge in [-0.15, -0.1) is 0 Å². The molecule has 3 N–H and O–H groups in total. The summed E-state index contributed by atoms with van der Waals surface area (Å²) in [6, 6.07) is 7.28. The van der Waals surface area contributed by atoms with Crippen molar-refractivity contribution in [2.75, 3.05) is 18.0 Å². The van der Waals surface area contributed by atoms with Crippen LogP contribution in [-0.4, -0.2) is 42.3 Å². The Morgan fingerprint density at radius 1 is 1.22 bits per heavy atom. The van der Waals surface area contributed by atoms with Gasteiger partial charge in [-0.1, -0.05) is 18.2 Å². The van der Waals surface area contributed by atoms with Crippen molar-refractivity contribution in [3.8, 4) is 0 Å². The van der Waals surface area contributed by atoms with E-state index in [9.17, 15) is 22.8 Å². The van der Waals surface area contributed by atoms with Gasteiger partial charge in [0.1, 0.15) is 0 Å². The predicted molar refractivity (Wildman–Crippen MR) is 94.1 cm³/mol. The quantitative estimate of drug-likeness (QED) is 0.400. The molecule has 0 radical (unpaired) electrons. The average Bonchev–Trinajstić information content (AvgIpc) is 2.65. The van der Waals surface area contributed by atoms with Gasteiger partial charge >= 0.3 is 6.18 Å². The number of hydrogen-bond donors (Lipinski definition) is 3. The number of nitrogens with one attached hydrogen (secondary N) is 2. The molecule has 1 saturated heterocycles. The number of halogens is 3. The zero-order chi connectivity index (χ0) is 19.9. The summed E-state index contributed by atoms with van der Waals surface area (Å²) >= 11 is 0. The molecule has 1 aromatic carbocycles. The van der Waals surface area contributed by atoms with E-state index in [2.05, 4.69) is 10.2 Å². The zero-order valence-corrected chi connectivity index (χ0v) is 14.6. The van der Waals surface area contributed by atoms with Crippen LogP contribution in [0.15, 0.2) is 30.3 Å². The summed E-state index contributed by atoms with van der Waals surface area (Å²) in [6.07, 6.45) is -1.95. The minimum atomic E-state index is -4.33. The minimum Gasteiger partial charge on any atom is -0.371 e. The highest BCUT2D eigenvalue weighted by atomic mass is 19.4. The fraction of sp³-hybridized carbons (Fsp3) is 0.444. The highest BCUT2D eigenvalue weighted by Crippen LogP contribution is 2.26. The van der Waals surface area contributed by atoms with Crippen molar-refractivity contribution >= 4 is 23.6 Å². The summed E-state index contributed by atoms with van der Waals surface area (Å²) in [4.78, 5) is 24.9. The van der Waals surface area contributed by atoms with Crippen LogP contribution >= 0.6 is 0 Å². The molecule has 0 bridgehead atoms. The molecule has 6 nitrogen and oxygen atoms in total. The molecule has 0 atom stereocenters. The van der Waals surface area contributed by atoms with Crippen LogP contribution < -0.4 is 15.7 Å². The van der Waals surface area contributed by atoms with Crippen LogP contribution in [0.5, 0.6) is 0 Å². The van der Waals surface area contributed by atoms with E-state index in [0.29, 0.717) is 25.9 Å². The highest BCUT2D eigenvalue weighted by Gasteiger charge is 2.29. The standard InChI is InChI=1S/C18H22F3N3O3/c19-18(20,21)10-7-16(25)22-14-8-11-24(12-9-14)15-4-2-1-3-13(15)5-6-17(26)23-27/h1-6,14,27H,7-12H2,(H,22,25)(H,23,26)/b6-5+. The van der Waals surface area contributed by atoms with Gasteiger partial charge in [0.15, 0.2) is 0 Å². The number of piperidine rings is 1. The van der Waals surface area contributed by atoms with Gasteiger partial charge in [-0.25, -0.2) is 5.48 Å². The monoisotopic (exact) mass is 385 g/mol. The van der Waals surface area contributed by atoms with Crippen LogP contribution in [0.3, 0.4) is 0 Å². The van der Waals surface area contributed by atoms with Gasteiger partial charge < -0.3 is 10.2 Å². The summed E-state index contributed by atoms with van der Waals surface area (Å²) < 4.78 is 36.5. The molecule has 1 fully saturated rings. The second-order valence-electron chi connectivity index (χ2n) is 6.31. The molecule has 2 amide bonds. The SMILES string of the molecule is O=C(/C=C/c1ccccc1N1CCC(NC(=O)CCC(F)(F)F)CC1)NO. The summed E-state index contributed by atoms with van der Waals surface area (Å²) in [5, 5.41) is 11.2. The predicted octanol–water partition coefficient (Wildman–Crippen LogP) is 2.63. The Kier molecular flexibility index (Phi) is 7.23. The third-order valence-corrected chi connectivity index (χ3v) is 4.30. The van der Waals surface area contributed by atoms with Crippen LogP contribution in [0.2, 0.25) is 0 Å². The third kappa shape index (κ3) is 6.93. The summed E-state index contributed by atoms with van der Waals surface area (Å²) in [7, 11) is 0. The Morgan fingerprint density at radius 2 is 1.89 bits per heavy atom. The molecule has 0 unspecified atom stereocenters. The maximum atomic E-state index is 12.2. The molecular weight excluding hydrogens is 363 g/mol. The van der Waals surface area contributed by atoms with E-state index in [0.717, 1.165) is 11.3 Å². The van der Waals surface area contributed by atoms with Gasteiger partial charge in [-0.2, -0.15) is 13.2 Å². The van der Waals surface area contributed by atoms with Crippen molar-refractivity contribution in [3.05, 3.63) is 35.9 Å². The summed E-state index contributed by atoms with van der Waals surface area (Å²) in [5.41, 5.74) is 3.23. The lowest BCUT2D eigenvalue weighted by molar-refractivity contribution is -0.144. The van der Waals surface area contributed by atoms with Crippen LogP contribution in [-0.2, 0) is 9.59 Å². The maximum Gasteiger partial charge on any atom is 0.389 e. The molecule has 0 spiro atoms. The lowest BCUT2D eigenvalue weighted by Gasteiger charge is -2.34. The number of carbonyl (C=O) groups is 2. The summed E-state index contributed by atoms with van der Waals surface area (Å²) in [5.74, 6) is -1.21. The van der Waals surface area contributed by atoms with Crippen molar-refractivity contribution in [1.82, 2.24) is 10.8 Å². The Morgan fingerprint density at radius 3 is 2.52 bits per heavy atom. The highest BCUT2D eigenvalue weighted by molar-refractivity contribution is 5.91. The van der Waals surface area contributed by atoms with Crippen LogP contribution in [0.4, 0.5) is 18.9 Å². The average molecular weight is 385 g/mol. The maximum absolute atomic E-state index is 12.2. The summed E-state index contributed by atoms with van der Waals surface area (Å²) in [6.45, 7) is 1.25. The van der Waals surface area contributed by atoms with E-state index in [-0.39, 0.29) is 6.04 Å². The Balaban J connectivity index is 1.90. The molecule has 27 heavy (non-hydrogen) atoms. The molecule has 1 aliphatic rings. The van der Waals surface area contributed by atoms with Crippen molar-refractivity contribution < 1.29 is 28.0 Å². The van der Waals surface area contributed by atoms with E-state index in [1.165, 1.54) is 11.6 Å². The number of nitrogens with zero attached hydrogens (tertiary/aromatic N) is 1. The van der Waals surface area contributed by atoms with Gasteiger partial charge in [0.2, 0.25) is 5.91 Å². The zero-order valence-electron chi connectivity index (χ0n) is 14.6. The number of alkyl halides is 3. The number of hydrogen-bond acceptors (Lipinski definition) is 4. The van der Waals surface area contributed by atoms with E-state index >= 15 is 0 Å². The lowest BCUT2D eigenvalue weighted by atomic mass is 10.0. The molecule has 0 saturated carbocycles. The number of para-hydroxylation sites is 1. The molecule has 9 heteroatoms. The van der Waals surface area contributed by atoms with Gasteiger partial charge in [-0.3, -0.25) is 14.8 Å². The number of anilines is 1. The first-order chi connectivity index (χ1) is 12.8. The normalized spacial score (nSPS) is 15.8. The van der Waals surface area contributed by atoms with Crippen LogP contribution in [0, 0.1) is 0 Å². The molecular formula is C18H22F3N3O3. The smallest absolute Gasteiger partial charge is 0.371 e. The molecule has 148 valence electrons. The van der Waals surface area contributed by atoms with E-state index in [1.54, 1.807) is 6.08 Å². The third-order valence-electron chi connectivity index (χ3n) is 4.30. The van der Waals surface area contributed by atoms with Crippen LogP contribution in [0.25, 0.3) is 6.08 Å². The van der Waals surface area contributed by atoms with Gasteiger partial charge in [0.25, 0.3) is 5.91 Å². The van der Waals surface area contributed by atoms with Crippen molar-refractivity contribution in [3.63, 3.8) is 0 Å². The number of carbonyl (C=O) groups excluding carboxylic acids is 2. The van der Waals surface area contributed by atoms with Crippen molar-refractivity contribution in [2.24, 2.45) is 0 Å². The minimum absolute atomic E-state index is 0.148. The Bertz CT molecular complexity index is 684. The first kappa shape index (κ1) is 20.8. The molecule has 0 aliphatic carbocycles. The first-order valence-corrected chi connectivity index (χ1v) is 8.61. The van der Waals surface area contributed by atoms with Crippen molar-refractivity contribution in [2.45, 2.75) is 37.9 Å². The van der Waals surface area contributed by atoms with E-state index < -0.39 is 30.8 Å². The number of amides is 2. The Labute approximate surface area is 155 Å². The molecule has 1 aliphatic heterocycles. The topological polar surface area (TPSA) is 81.7 Å². The van der Waals surface area contributed by atoms with Gasteiger partial charge in [-0.05, 0) is 30.5 Å². The fourth-order valence-corrected chi connectivity index (χ4v) is 2.94. The Hall–Kier alpha value is -2.55. The number of benzene rings is 1. The van der Waals surface area contributed by atoms with E-state index in [4.69, 9.17) is 5.21 Å². The number of hydroxylamine groups is 1. The van der Waals surface area contributed by atoms with Gasteiger partial charge in [0, 0.05) is 37.3 Å². The van der Waals surface area contributed by atoms with Crippen molar-refractivity contribution in [1.29, 1.82) is 0 Å². The fourth-order valence-electron chi connectivity index (χ4n) is 2.94. The lowest BCUT2D eigenvalue weighted by Crippen LogP contribution is -2.45.